The molecule has 0 aromatic carbocycles. The molecule has 0 aliphatic heterocycles. The SMILES string of the molecule is CC(C)(F)F.CC(F)(F)C(C)(F)F.CC(F)(F)C(F)(F)C(C)(F)F. The summed E-state index contributed by atoms with van der Waals surface area (Å²) in [6.07, 6.45) is 0. The molecular formula is C12H18F12. The van der Waals surface area contributed by atoms with Gasteiger partial charge in [0.25, 0.3) is 0 Å². The summed E-state index contributed by atoms with van der Waals surface area (Å²) >= 11 is 0. The van der Waals surface area contributed by atoms with Gasteiger partial charge >= 0.3 is 29.6 Å². The van der Waals surface area contributed by atoms with Crippen molar-refractivity contribution in [1.82, 2.24) is 0 Å². The number of rotatable bonds is 3. The Morgan fingerprint density at radius 3 is 0.458 bits per heavy atom. The van der Waals surface area contributed by atoms with Crippen molar-refractivity contribution in [1.29, 1.82) is 0 Å². The maximum Gasteiger partial charge on any atom is 0.371 e. The molecule has 0 N–H and O–H groups in total. The largest absolute Gasteiger partial charge is 0.371 e. The molecule has 0 saturated carbocycles. The summed E-state index contributed by atoms with van der Waals surface area (Å²) in [7, 11) is 0. The van der Waals surface area contributed by atoms with E-state index in [1.807, 2.05) is 0 Å². The van der Waals surface area contributed by atoms with Gasteiger partial charge in [-0.1, -0.05) is 0 Å². The Bertz CT molecular complexity index is 311. The first-order valence-corrected chi connectivity index (χ1v) is 6.02. The predicted molar refractivity (Wildman–Crippen MR) is 63.7 cm³/mol. The molecule has 0 aliphatic carbocycles. The molecule has 0 aromatic heterocycles. The van der Waals surface area contributed by atoms with E-state index in [1.165, 1.54) is 0 Å². The summed E-state index contributed by atoms with van der Waals surface area (Å²) in [6, 6.07) is 0. The van der Waals surface area contributed by atoms with Crippen molar-refractivity contribution in [3.05, 3.63) is 0 Å². The summed E-state index contributed by atoms with van der Waals surface area (Å²) in [4.78, 5) is 0. The first kappa shape index (κ1) is 28.0. The van der Waals surface area contributed by atoms with E-state index in [0.717, 1.165) is 13.8 Å². The van der Waals surface area contributed by atoms with E-state index in [-0.39, 0.29) is 27.7 Å². The molecule has 0 nitrogen and oxygen atoms in total. The summed E-state index contributed by atoms with van der Waals surface area (Å²) in [5.41, 5.74) is 0. The van der Waals surface area contributed by atoms with E-state index in [1.54, 1.807) is 0 Å². The Hall–Kier alpha value is -0.840. The van der Waals surface area contributed by atoms with Crippen LogP contribution in [0.3, 0.4) is 0 Å². The zero-order valence-corrected chi connectivity index (χ0v) is 13.5. The van der Waals surface area contributed by atoms with Gasteiger partial charge in [-0.3, -0.25) is 0 Å². The fraction of sp³-hybridized carbons (Fsp3) is 1.00. The third-order valence-electron chi connectivity index (χ3n) is 1.87. The van der Waals surface area contributed by atoms with Crippen LogP contribution < -0.4 is 0 Å². The molecule has 0 unspecified atom stereocenters. The molecule has 0 atom stereocenters. The van der Waals surface area contributed by atoms with Gasteiger partial charge in [0.05, 0.1) is 0 Å². The molecule has 12 heteroatoms. The van der Waals surface area contributed by atoms with Crippen molar-refractivity contribution in [3.8, 4) is 0 Å². The Kier molecular flexibility index (Phi) is 9.36. The van der Waals surface area contributed by atoms with Crippen molar-refractivity contribution in [2.75, 3.05) is 0 Å². The van der Waals surface area contributed by atoms with Crippen molar-refractivity contribution in [2.24, 2.45) is 0 Å². The molecule has 0 aliphatic rings. The van der Waals surface area contributed by atoms with Crippen LogP contribution in [0.15, 0.2) is 0 Å². The number of halogens is 12. The lowest BCUT2D eigenvalue weighted by Crippen LogP contribution is -2.50. The average molecular weight is 390 g/mol. The molecule has 0 fully saturated rings. The number of hydrogen-bond donors (Lipinski definition) is 0. The van der Waals surface area contributed by atoms with Crippen LogP contribution in [0, 0.1) is 0 Å². The topological polar surface area (TPSA) is 0 Å². The molecule has 0 aromatic rings. The van der Waals surface area contributed by atoms with Crippen LogP contribution in [0.25, 0.3) is 0 Å². The Morgan fingerprint density at radius 1 is 0.333 bits per heavy atom. The van der Waals surface area contributed by atoms with Crippen LogP contribution in [-0.2, 0) is 0 Å². The Labute approximate surface area is 131 Å². The van der Waals surface area contributed by atoms with E-state index in [0.29, 0.717) is 0 Å². The highest BCUT2D eigenvalue weighted by Gasteiger charge is 2.66. The highest BCUT2D eigenvalue weighted by molar-refractivity contribution is 4.90. The second-order valence-electron chi connectivity index (χ2n) is 5.46. The molecule has 0 saturated heterocycles. The quantitative estimate of drug-likeness (QED) is 0.461. The van der Waals surface area contributed by atoms with Gasteiger partial charge < -0.3 is 0 Å². The van der Waals surface area contributed by atoms with Crippen molar-refractivity contribution < 1.29 is 52.7 Å². The molecular weight excluding hydrogens is 372 g/mol. The Morgan fingerprint density at radius 2 is 0.458 bits per heavy atom. The van der Waals surface area contributed by atoms with Gasteiger partial charge in [-0.15, -0.1) is 0 Å². The maximum atomic E-state index is 11.9. The first-order valence-electron chi connectivity index (χ1n) is 6.02. The van der Waals surface area contributed by atoms with E-state index in [9.17, 15) is 52.7 Å². The highest BCUT2D eigenvalue weighted by Crippen LogP contribution is 2.44. The first-order chi connectivity index (χ1) is 9.75. The third kappa shape index (κ3) is 12.6. The van der Waals surface area contributed by atoms with E-state index in [2.05, 4.69) is 0 Å². The maximum absolute atomic E-state index is 11.9. The predicted octanol–water partition coefficient (Wildman–Crippen LogP) is 6.89. The van der Waals surface area contributed by atoms with Crippen LogP contribution in [0.1, 0.15) is 41.5 Å². The van der Waals surface area contributed by atoms with E-state index < -0.39 is 35.5 Å². The van der Waals surface area contributed by atoms with Gasteiger partial charge in [-0.25, -0.2) is 26.3 Å². The Balaban J connectivity index is -0.000000298. The summed E-state index contributed by atoms with van der Waals surface area (Å²) in [5, 5.41) is 0. The molecule has 0 radical (unpaired) electrons. The van der Waals surface area contributed by atoms with Crippen LogP contribution in [-0.4, -0.2) is 35.5 Å². The fourth-order valence-corrected chi connectivity index (χ4v) is 0.385. The van der Waals surface area contributed by atoms with Crippen molar-refractivity contribution in [3.63, 3.8) is 0 Å². The van der Waals surface area contributed by atoms with Gasteiger partial charge in [-0.2, -0.15) is 26.3 Å². The van der Waals surface area contributed by atoms with Crippen LogP contribution in [0.2, 0.25) is 0 Å². The minimum atomic E-state index is -5.29. The molecule has 0 bridgehead atoms. The lowest BCUT2D eigenvalue weighted by molar-refractivity contribution is -0.295. The zero-order valence-electron chi connectivity index (χ0n) is 13.5. The second-order valence-corrected chi connectivity index (χ2v) is 5.46. The lowest BCUT2D eigenvalue weighted by Gasteiger charge is -2.27. The van der Waals surface area contributed by atoms with Gasteiger partial charge in [0.15, 0.2) is 0 Å². The van der Waals surface area contributed by atoms with Crippen molar-refractivity contribution in [2.45, 2.75) is 77.1 Å². The summed E-state index contributed by atoms with van der Waals surface area (Å²) < 4.78 is 139. The van der Waals surface area contributed by atoms with Gasteiger partial charge in [0.1, 0.15) is 0 Å². The average Bonchev–Trinajstić information content (AvgIpc) is 2.07. The highest BCUT2D eigenvalue weighted by atomic mass is 19.3. The standard InChI is InChI=1S/C5H6F6.C4H6F4.C3H6F2/c1-3(6,7)5(10,11)4(2,8)9;1-3(5,6)4(2,7)8;1-3(2,4)5/h1-2H3;1-2H3;1-2H3. The molecule has 0 amide bonds. The zero-order chi connectivity index (χ0) is 21.0. The fourth-order valence-electron chi connectivity index (χ4n) is 0.385. The van der Waals surface area contributed by atoms with Crippen LogP contribution in [0.4, 0.5) is 52.7 Å². The smallest absolute Gasteiger partial charge is 0.208 e. The molecule has 0 rings (SSSR count). The van der Waals surface area contributed by atoms with E-state index in [4.69, 9.17) is 0 Å². The lowest BCUT2D eigenvalue weighted by atomic mass is 10.1. The molecule has 150 valence electrons. The number of alkyl halides is 12. The van der Waals surface area contributed by atoms with Crippen molar-refractivity contribution >= 4 is 0 Å². The minimum absolute atomic E-state index is 0.188. The van der Waals surface area contributed by atoms with Gasteiger partial charge in [0.2, 0.25) is 5.92 Å². The van der Waals surface area contributed by atoms with Gasteiger partial charge in [0, 0.05) is 27.7 Å². The second kappa shape index (κ2) is 8.03. The minimum Gasteiger partial charge on any atom is -0.208 e. The molecule has 0 heterocycles. The number of hydrogen-bond acceptors (Lipinski definition) is 0. The molecule has 0 spiro atoms. The normalized spacial score (nSPS) is 14.2. The third-order valence-corrected chi connectivity index (χ3v) is 1.87. The van der Waals surface area contributed by atoms with Gasteiger partial charge in [-0.05, 0) is 13.8 Å². The summed E-state index contributed by atoms with van der Waals surface area (Å²) in [5.74, 6) is -25.0. The molecule has 24 heavy (non-hydrogen) atoms. The van der Waals surface area contributed by atoms with E-state index >= 15 is 0 Å². The van der Waals surface area contributed by atoms with Crippen LogP contribution >= 0.6 is 0 Å². The monoisotopic (exact) mass is 390 g/mol. The summed E-state index contributed by atoms with van der Waals surface area (Å²) in [6.45, 7) is 1.59. The van der Waals surface area contributed by atoms with Crippen LogP contribution in [0.5, 0.6) is 0 Å².